The molecule has 0 amide bonds. The Labute approximate surface area is 97.3 Å². The van der Waals surface area contributed by atoms with Crippen molar-refractivity contribution in [3.8, 4) is 5.75 Å². The fourth-order valence-corrected chi connectivity index (χ4v) is 1.71. The molecule has 2 N–H and O–H groups in total. The second-order valence-corrected chi connectivity index (χ2v) is 3.73. The van der Waals surface area contributed by atoms with Crippen LogP contribution in [0.15, 0.2) is 16.6 Å². The zero-order valence-electron chi connectivity index (χ0n) is 7.24. The first-order valence-corrected chi connectivity index (χ1v) is 5.06. The molecule has 1 aromatic rings. The number of ether oxygens (including phenoxy) is 1. The summed E-state index contributed by atoms with van der Waals surface area (Å²) < 4.78 is 39.9. The summed E-state index contributed by atoms with van der Waals surface area (Å²) >= 11 is 8.63. The second-order valence-electron chi connectivity index (χ2n) is 2.67. The SMILES string of the molecule is Nc1cc(OC(F)(F)F)cc(CCl)c1Br. The molecule has 0 aliphatic rings. The van der Waals surface area contributed by atoms with Gasteiger partial charge in [0.15, 0.2) is 0 Å². The third-order valence-electron chi connectivity index (χ3n) is 1.53. The van der Waals surface area contributed by atoms with E-state index >= 15 is 0 Å². The van der Waals surface area contributed by atoms with E-state index < -0.39 is 6.36 Å². The van der Waals surface area contributed by atoms with Crippen molar-refractivity contribution in [3.63, 3.8) is 0 Å². The van der Waals surface area contributed by atoms with Gasteiger partial charge in [0.1, 0.15) is 5.75 Å². The molecule has 0 heterocycles. The van der Waals surface area contributed by atoms with Crippen LogP contribution in [0.25, 0.3) is 0 Å². The monoisotopic (exact) mass is 303 g/mol. The predicted molar refractivity (Wildman–Crippen MR) is 54.8 cm³/mol. The lowest BCUT2D eigenvalue weighted by Crippen LogP contribution is -2.17. The molecule has 84 valence electrons. The first-order valence-electron chi connectivity index (χ1n) is 3.73. The number of halogens is 5. The largest absolute Gasteiger partial charge is 0.573 e. The number of alkyl halides is 4. The highest BCUT2D eigenvalue weighted by Crippen LogP contribution is 2.33. The van der Waals surface area contributed by atoms with Crippen molar-refractivity contribution in [2.75, 3.05) is 5.73 Å². The Hall–Kier alpha value is -0.620. The first kappa shape index (κ1) is 12.4. The van der Waals surface area contributed by atoms with Gasteiger partial charge in [-0.25, -0.2) is 0 Å². The molecule has 0 saturated carbocycles. The van der Waals surface area contributed by atoms with Crippen molar-refractivity contribution >= 4 is 33.2 Å². The number of anilines is 1. The number of hydrogen-bond donors (Lipinski definition) is 1. The van der Waals surface area contributed by atoms with Gasteiger partial charge < -0.3 is 10.5 Å². The van der Waals surface area contributed by atoms with E-state index in [1.807, 2.05) is 0 Å². The summed E-state index contributed by atoms with van der Waals surface area (Å²) in [5.41, 5.74) is 6.05. The Morgan fingerprint density at radius 2 is 2.00 bits per heavy atom. The minimum absolute atomic E-state index is 0.0415. The van der Waals surface area contributed by atoms with E-state index in [1.54, 1.807) is 0 Å². The minimum atomic E-state index is -4.73. The molecule has 0 saturated heterocycles. The van der Waals surface area contributed by atoms with Gasteiger partial charge in [0.25, 0.3) is 0 Å². The zero-order chi connectivity index (χ0) is 11.6. The van der Waals surface area contributed by atoms with Gasteiger partial charge in [0.05, 0.1) is 0 Å². The third-order valence-corrected chi connectivity index (χ3v) is 2.78. The summed E-state index contributed by atoms with van der Waals surface area (Å²) in [6, 6.07) is 2.26. The number of nitrogens with two attached hydrogens (primary N) is 1. The number of rotatable bonds is 2. The van der Waals surface area contributed by atoms with E-state index in [2.05, 4.69) is 20.7 Å². The molecular formula is C8H6BrClF3NO. The fraction of sp³-hybridized carbons (Fsp3) is 0.250. The Kier molecular flexibility index (Phi) is 3.72. The molecule has 0 fully saturated rings. The van der Waals surface area contributed by atoms with Crippen molar-refractivity contribution in [1.29, 1.82) is 0 Å². The Bertz CT molecular complexity index is 370. The van der Waals surface area contributed by atoms with Gasteiger partial charge in [-0.3, -0.25) is 0 Å². The van der Waals surface area contributed by atoms with E-state index in [9.17, 15) is 13.2 Å². The van der Waals surface area contributed by atoms with Crippen LogP contribution in [0, 0.1) is 0 Å². The highest BCUT2D eigenvalue weighted by atomic mass is 79.9. The van der Waals surface area contributed by atoms with E-state index in [0.29, 0.717) is 10.0 Å². The summed E-state index contributed by atoms with van der Waals surface area (Å²) in [4.78, 5) is 0. The zero-order valence-corrected chi connectivity index (χ0v) is 9.58. The summed E-state index contributed by atoms with van der Waals surface area (Å²) in [6.07, 6.45) is -4.73. The van der Waals surface area contributed by atoms with Crippen LogP contribution in [-0.4, -0.2) is 6.36 Å². The molecule has 0 aliphatic carbocycles. The van der Waals surface area contributed by atoms with Gasteiger partial charge in [-0.2, -0.15) is 0 Å². The summed E-state index contributed by atoms with van der Waals surface area (Å²) in [6.45, 7) is 0. The maximum absolute atomic E-state index is 11.9. The van der Waals surface area contributed by atoms with E-state index in [1.165, 1.54) is 6.07 Å². The number of hydrogen-bond acceptors (Lipinski definition) is 2. The standard InChI is InChI=1S/C8H6BrClF3NO/c9-7-4(3-10)1-5(2-6(7)14)15-8(11,12)13/h1-2H,3,14H2. The smallest absolute Gasteiger partial charge is 0.406 e. The van der Waals surface area contributed by atoms with Gasteiger partial charge in [0, 0.05) is 22.1 Å². The summed E-state index contributed by atoms with van der Waals surface area (Å²) in [5.74, 6) is -0.335. The second kappa shape index (κ2) is 4.49. The van der Waals surface area contributed by atoms with E-state index in [0.717, 1.165) is 6.07 Å². The normalized spacial score (nSPS) is 11.5. The van der Waals surface area contributed by atoms with Crippen LogP contribution in [0.2, 0.25) is 0 Å². The first-order chi connectivity index (χ1) is 6.83. The van der Waals surface area contributed by atoms with Crippen LogP contribution in [0.5, 0.6) is 5.75 Å². The van der Waals surface area contributed by atoms with Crippen LogP contribution in [0.3, 0.4) is 0 Å². The predicted octanol–water partition coefficient (Wildman–Crippen LogP) is 3.67. The molecule has 0 aliphatic heterocycles. The van der Waals surface area contributed by atoms with E-state index in [4.69, 9.17) is 17.3 Å². The lowest BCUT2D eigenvalue weighted by Gasteiger charge is -2.12. The van der Waals surface area contributed by atoms with Gasteiger partial charge in [0.2, 0.25) is 0 Å². The van der Waals surface area contributed by atoms with Crippen LogP contribution >= 0.6 is 27.5 Å². The highest BCUT2D eigenvalue weighted by molar-refractivity contribution is 9.10. The molecule has 0 aromatic heterocycles. The van der Waals surface area contributed by atoms with Gasteiger partial charge in [-0.05, 0) is 27.6 Å². The van der Waals surface area contributed by atoms with Crippen molar-refractivity contribution in [2.45, 2.75) is 12.2 Å². The van der Waals surface area contributed by atoms with Gasteiger partial charge >= 0.3 is 6.36 Å². The molecule has 0 spiro atoms. The van der Waals surface area contributed by atoms with Crippen molar-refractivity contribution in [1.82, 2.24) is 0 Å². The van der Waals surface area contributed by atoms with Crippen LogP contribution in [0.4, 0.5) is 18.9 Å². The Morgan fingerprint density at radius 1 is 1.40 bits per heavy atom. The molecule has 1 rings (SSSR count). The molecule has 0 atom stereocenters. The van der Waals surface area contributed by atoms with Crippen molar-refractivity contribution in [2.24, 2.45) is 0 Å². The molecule has 15 heavy (non-hydrogen) atoms. The number of benzene rings is 1. The lowest BCUT2D eigenvalue weighted by atomic mass is 10.2. The molecule has 1 aromatic carbocycles. The summed E-state index contributed by atoms with van der Waals surface area (Å²) in [7, 11) is 0. The van der Waals surface area contributed by atoms with Crippen LogP contribution < -0.4 is 10.5 Å². The number of nitrogen functional groups attached to an aromatic ring is 1. The molecule has 0 bridgehead atoms. The molecule has 7 heteroatoms. The van der Waals surface area contributed by atoms with Crippen LogP contribution in [-0.2, 0) is 5.88 Å². The Balaban J connectivity index is 3.06. The van der Waals surface area contributed by atoms with Gasteiger partial charge in [-0.1, -0.05) is 0 Å². The van der Waals surface area contributed by atoms with Crippen molar-refractivity contribution in [3.05, 3.63) is 22.2 Å². The average molecular weight is 304 g/mol. The average Bonchev–Trinajstić information content (AvgIpc) is 2.08. The van der Waals surface area contributed by atoms with Crippen LogP contribution in [0.1, 0.15) is 5.56 Å². The quantitative estimate of drug-likeness (QED) is 0.668. The topological polar surface area (TPSA) is 35.2 Å². The molecule has 0 radical (unpaired) electrons. The van der Waals surface area contributed by atoms with Crippen molar-refractivity contribution < 1.29 is 17.9 Å². The molecular weight excluding hydrogens is 298 g/mol. The maximum atomic E-state index is 11.9. The molecule has 2 nitrogen and oxygen atoms in total. The van der Waals surface area contributed by atoms with Gasteiger partial charge in [-0.15, -0.1) is 24.8 Å². The lowest BCUT2D eigenvalue weighted by molar-refractivity contribution is -0.274. The van der Waals surface area contributed by atoms with E-state index in [-0.39, 0.29) is 17.3 Å². The fourth-order valence-electron chi connectivity index (χ4n) is 0.969. The summed E-state index contributed by atoms with van der Waals surface area (Å²) in [5, 5.41) is 0. The maximum Gasteiger partial charge on any atom is 0.573 e. The Morgan fingerprint density at radius 3 is 2.47 bits per heavy atom. The minimum Gasteiger partial charge on any atom is -0.406 e. The highest BCUT2D eigenvalue weighted by Gasteiger charge is 2.31. The third kappa shape index (κ3) is 3.46. The molecule has 0 unspecified atom stereocenters.